The molecule has 0 saturated heterocycles. The summed E-state index contributed by atoms with van der Waals surface area (Å²) in [6.07, 6.45) is 2.27. The van der Waals surface area contributed by atoms with Crippen LogP contribution in [0.1, 0.15) is 25.3 Å². The minimum atomic E-state index is -0.200. The normalized spacial score (nSPS) is 10.8. The average molecular weight is 303 g/mol. The molecule has 0 aromatic heterocycles. The van der Waals surface area contributed by atoms with E-state index in [-0.39, 0.29) is 5.82 Å². The van der Waals surface area contributed by atoms with Gasteiger partial charge in [0.15, 0.2) is 0 Å². The molecule has 0 aliphatic heterocycles. The van der Waals surface area contributed by atoms with Crippen molar-refractivity contribution >= 4 is 15.9 Å². The third-order valence-corrected chi connectivity index (χ3v) is 3.09. The third-order valence-electron chi connectivity index (χ3n) is 2.45. The summed E-state index contributed by atoms with van der Waals surface area (Å²) in [7, 11) is 0. The zero-order valence-electron chi connectivity index (χ0n) is 10.2. The SMILES string of the molecule is CCCNCCCNCc1ccc(Br)c(F)c1. The molecule has 2 nitrogen and oxygen atoms in total. The Bertz CT molecular complexity index is 331. The van der Waals surface area contributed by atoms with Gasteiger partial charge in [-0.15, -0.1) is 0 Å². The van der Waals surface area contributed by atoms with Crippen molar-refractivity contribution in [2.45, 2.75) is 26.3 Å². The zero-order chi connectivity index (χ0) is 12.5. The number of halogens is 2. The summed E-state index contributed by atoms with van der Waals surface area (Å²) in [5, 5.41) is 6.65. The van der Waals surface area contributed by atoms with Crippen LogP contribution in [0.2, 0.25) is 0 Å². The highest BCUT2D eigenvalue weighted by atomic mass is 79.9. The molecule has 0 saturated carbocycles. The van der Waals surface area contributed by atoms with Gasteiger partial charge >= 0.3 is 0 Å². The Hall–Kier alpha value is -0.450. The fourth-order valence-electron chi connectivity index (χ4n) is 1.52. The predicted molar refractivity (Wildman–Crippen MR) is 73.6 cm³/mol. The molecule has 1 aromatic carbocycles. The molecule has 0 fully saturated rings. The van der Waals surface area contributed by atoms with Crippen molar-refractivity contribution in [3.8, 4) is 0 Å². The van der Waals surface area contributed by atoms with E-state index in [0.717, 1.165) is 38.2 Å². The predicted octanol–water partition coefficient (Wildman–Crippen LogP) is 3.07. The Morgan fingerprint density at radius 3 is 2.65 bits per heavy atom. The summed E-state index contributed by atoms with van der Waals surface area (Å²) in [4.78, 5) is 0. The molecule has 2 N–H and O–H groups in total. The second-order valence-electron chi connectivity index (χ2n) is 4.03. The molecule has 4 heteroatoms. The van der Waals surface area contributed by atoms with E-state index in [2.05, 4.69) is 33.5 Å². The van der Waals surface area contributed by atoms with Crippen LogP contribution in [-0.4, -0.2) is 19.6 Å². The summed E-state index contributed by atoms with van der Waals surface area (Å²) in [5.74, 6) is -0.200. The Morgan fingerprint density at radius 1 is 1.18 bits per heavy atom. The van der Waals surface area contributed by atoms with E-state index in [4.69, 9.17) is 0 Å². The van der Waals surface area contributed by atoms with E-state index in [1.807, 2.05) is 6.07 Å². The maximum Gasteiger partial charge on any atom is 0.137 e. The number of rotatable bonds is 8. The Kier molecular flexibility index (Phi) is 7.40. The molecule has 17 heavy (non-hydrogen) atoms. The molecule has 1 aromatic rings. The van der Waals surface area contributed by atoms with Crippen molar-refractivity contribution in [2.75, 3.05) is 19.6 Å². The number of hydrogen-bond donors (Lipinski definition) is 2. The lowest BCUT2D eigenvalue weighted by Gasteiger charge is -2.06. The lowest BCUT2D eigenvalue weighted by molar-refractivity contribution is 0.587. The van der Waals surface area contributed by atoms with Gasteiger partial charge in [-0.05, 0) is 66.1 Å². The minimum absolute atomic E-state index is 0.200. The highest BCUT2D eigenvalue weighted by molar-refractivity contribution is 9.10. The van der Waals surface area contributed by atoms with E-state index in [1.165, 1.54) is 6.42 Å². The van der Waals surface area contributed by atoms with Gasteiger partial charge in [0.05, 0.1) is 4.47 Å². The van der Waals surface area contributed by atoms with E-state index >= 15 is 0 Å². The van der Waals surface area contributed by atoms with Crippen LogP contribution in [-0.2, 0) is 6.54 Å². The third kappa shape index (κ3) is 6.15. The van der Waals surface area contributed by atoms with Crippen molar-refractivity contribution in [3.63, 3.8) is 0 Å². The lowest BCUT2D eigenvalue weighted by atomic mass is 10.2. The summed E-state index contributed by atoms with van der Waals surface area (Å²) in [6, 6.07) is 5.23. The highest BCUT2D eigenvalue weighted by Crippen LogP contribution is 2.16. The Morgan fingerprint density at radius 2 is 1.94 bits per heavy atom. The van der Waals surface area contributed by atoms with Crippen LogP contribution in [0.3, 0.4) is 0 Å². The monoisotopic (exact) mass is 302 g/mol. The van der Waals surface area contributed by atoms with Gasteiger partial charge in [0, 0.05) is 6.54 Å². The molecule has 0 spiro atoms. The molecule has 0 amide bonds. The van der Waals surface area contributed by atoms with E-state index < -0.39 is 0 Å². The molecule has 0 bridgehead atoms. The van der Waals surface area contributed by atoms with Crippen LogP contribution in [0, 0.1) is 5.82 Å². The zero-order valence-corrected chi connectivity index (χ0v) is 11.8. The van der Waals surface area contributed by atoms with Gasteiger partial charge in [0.2, 0.25) is 0 Å². The molecule has 0 unspecified atom stereocenters. The largest absolute Gasteiger partial charge is 0.317 e. The summed E-state index contributed by atoms with van der Waals surface area (Å²) >= 11 is 3.14. The maximum atomic E-state index is 13.2. The first kappa shape index (κ1) is 14.6. The Labute approximate surface area is 111 Å². The van der Waals surface area contributed by atoms with Crippen LogP contribution >= 0.6 is 15.9 Å². The standard InChI is InChI=1S/C13H20BrFN2/c1-2-6-16-7-3-8-17-10-11-4-5-12(14)13(15)9-11/h4-5,9,16-17H,2-3,6-8,10H2,1H3. The number of hydrogen-bond acceptors (Lipinski definition) is 2. The second-order valence-corrected chi connectivity index (χ2v) is 4.88. The Balaban J connectivity index is 2.11. The van der Waals surface area contributed by atoms with Crippen molar-refractivity contribution < 1.29 is 4.39 Å². The number of benzene rings is 1. The molecule has 1 rings (SSSR count). The molecular formula is C13H20BrFN2. The molecule has 96 valence electrons. The average Bonchev–Trinajstić information content (AvgIpc) is 2.32. The fraction of sp³-hybridized carbons (Fsp3) is 0.538. The quantitative estimate of drug-likeness (QED) is 0.721. The van der Waals surface area contributed by atoms with Gasteiger partial charge in [0.25, 0.3) is 0 Å². The maximum absolute atomic E-state index is 13.2. The van der Waals surface area contributed by atoms with Gasteiger partial charge in [-0.2, -0.15) is 0 Å². The molecule has 0 heterocycles. The smallest absolute Gasteiger partial charge is 0.137 e. The van der Waals surface area contributed by atoms with Gasteiger partial charge < -0.3 is 10.6 Å². The van der Waals surface area contributed by atoms with Gasteiger partial charge in [-0.1, -0.05) is 13.0 Å². The summed E-state index contributed by atoms with van der Waals surface area (Å²) < 4.78 is 13.7. The molecule has 0 aliphatic rings. The first-order valence-electron chi connectivity index (χ1n) is 6.09. The van der Waals surface area contributed by atoms with Crippen molar-refractivity contribution in [3.05, 3.63) is 34.1 Å². The van der Waals surface area contributed by atoms with Crippen molar-refractivity contribution in [2.24, 2.45) is 0 Å². The van der Waals surface area contributed by atoms with Crippen molar-refractivity contribution in [1.82, 2.24) is 10.6 Å². The fourth-order valence-corrected chi connectivity index (χ4v) is 1.77. The second kappa shape index (κ2) is 8.61. The van der Waals surface area contributed by atoms with Crippen LogP contribution in [0.4, 0.5) is 4.39 Å². The van der Waals surface area contributed by atoms with Crippen molar-refractivity contribution in [1.29, 1.82) is 0 Å². The van der Waals surface area contributed by atoms with Crippen LogP contribution in [0.15, 0.2) is 22.7 Å². The number of nitrogens with one attached hydrogen (secondary N) is 2. The summed E-state index contributed by atoms with van der Waals surface area (Å²) in [6.45, 7) is 5.95. The minimum Gasteiger partial charge on any atom is -0.317 e. The van der Waals surface area contributed by atoms with Gasteiger partial charge in [-0.25, -0.2) is 4.39 Å². The van der Waals surface area contributed by atoms with Crippen LogP contribution in [0.5, 0.6) is 0 Å². The molecular weight excluding hydrogens is 283 g/mol. The van der Waals surface area contributed by atoms with Gasteiger partial charge in [0.1, 0.15) is 5.82 Å². The first-order valence-corrected chi connectivity index (χ1v) is 6.88. The van der Waals surface area contributed by atoms with Crippen LogP contribution < -0.4 is 10.6 Å². The van der Waals surface area contributed by atoms with E-state index in [9.17, 15) is 4.39 Å². The molecule has 0 aliphatic carbocycles. The molecule has 0 radical (unpaired) electrons. The van der Waals surface area contributed by atoms with Gasteiger partial charge in [-0.3, -0.25) is 0 Å². The lowest BCUT2D eigenvalue weighted by Crippen LogP contribution is -2.22. The van der Waals surface area contributed by atoms with E-state index in [0.29, 0.717) is 4.47 Å². The van der Waals surface area contributed by atoms with E-state index in [1.54, 1.807) is 12.1 Å². The highest BCUT2D eigenvalue weighted by Gasteiger charge is 1.99. The topological polar surface area (TPSA) is 24.1 Å². The van der Waals surface area contributed by atoms with Crippen LogP contribution in [0.25, 0.3) is 0 Å². The molecule has 0 atom stereocenters. The first-order chi connectivity index (χ1) is 8.24. The summed E-state index contributed by atoms with van der Waals surface area (Å²) in [5.41, 5.74) is 0.979.